The number of carbonyl (C=O) groups excluding carboxylic acids is 1. The normalized spacial score (nSPS) is 15.4. The highest BCUT2D eigenvalue weighted by molar-refractivity contribution is 7.89. The standard InChI is InChI=1S/C21H23FN2O5S/c1-28-18-8-6-16(20(15-18)29-2)7-9-21(25)23-10-12-24(13-11-23)30(26,27)19-5-3-4-17(22)14-19/h3-9,14-15H,10-13H2,1-2H3. The zero-order valence-electron chi connectivity index (χ0n) is 16.7. The van der Waals surface area contributed by atoms with E-state index in [1.807, 2.05) is 0 Å². The van der Waals surface area contributed by atoms with Crippen LogP contribution in [-0.4, -0.2) is 63.9 Å². The molecule has 0 unspecified atom stereocenters. The van der Waals surface area contributed by atoms with Gasteiger partial charge in [-0.1, -0.05) is 6.07 Å². The van der Waals surface area contributed by atoms with Gasteiger partial charge < -0.3 is 14.4 Å². The van der Waals surface area contributed by atoms with Crippen LogP contribution in [0.2, 0.25) is 0 Å². The van der Waals surface area contributed by atoms with Crippen LogP contribution in [0.25, 0.3) is 6.08 Å². The fourth-order valence-corrected chi connectivity index (χ4v) is 4.60. The number of ether oxygens (including phenoxy) is 2. The minimum atomic E-state index is -3.80. The lowest BCUT2D eigenvalue weighted by Crippen LogP contribution is -2.50. The highest BCUT2D eigenvalue weighted by atomic mass is 32.2. The average molecular weight is 434 g/mol. The summed E-state index contributed by atoms with van der Waals surface area (Å²) in [7, 11) is -0.704. The van der Waals surface area contributed by atoms with Gasteiger partial charge in [-0.15, -0.1) is 0 Å². The predicted octanol–water partition coefficient (Wildman–Crippen LogP) is 2.39. The van der Waals surface area contributed by atoms with Crippen LogP contribution in [0.3, 0.4) is 0 Å². The molecule has 1 fully saturated rings. The first kappa shape index (κ1) is 21.8. The van der Waals surface area contributed by atoms with Gasteiger partial charge in [0, 0.05) is 43.9 Å². The Balaban J connectivity index is 1.64. The van der Waals surface area contributed by atoms with Crippen LogP contribution in [0.15, 0.2) is 53.4 Å². The van der Waals surface area contributed by atoms with Crippen molar-refractivity contribution in [1.29, 1.82) is 0 Å². The van der Waals surface area contributed by atoms with Gasteiger partial charge in [-0.2, -0.15) is 4.31 Å². The van der Waals surface area contributed by atoms with Crippen LogP contribution >= 0.6 is 0 Å². The van der Waals surface area contributed by atoms with E-state index in [0.29, 0.717) is 11.5 Å². The number of hydrogen-bond donors (Lipinski definition) is 0. The van der Waals surface area contributed by atoms with Crippen molar-refractivity contribution < 1.29 is 27.1 Å². The molecule has 1 amide bonds. The second-order valence-corrected chi connectivity index (χ2v) is 8.57. The monoisotopic (exact) mass is 434 g/mol. The van der Waals surface area contributed by atoms with Crippen LogP contribution < -0.4 is 9.47 Å². The number of hydrogen-bond acceptors (Lipinski definition) is 5. The Morgan fingerprint density at radius 1 is 1.03 bits per heavy atom. The van der Waals surface area contributed by atoms with Crippen LogP contribution in [-0.2, 0) is 14.8 Å². The molecule has 0 atom stereocenters. The maximum atomic E-state index is 13.4. The van der Waals surface area contributed by atoms with Gasteiger partial charge in [-0.05, 0) is 36.4 Å². The van der Waals surface area contributed by atoms with E-state index < -0.39 is 15.8 Å². The van der Waals surface area contributed by atoms with Gasteiger partial charge in [0.05, 0.1) is 19.1 Å². The fourth-order valence-electron chi connectivity index (χ4n) is 3.15. The van der Waals surface area contributed by atoms with Crippen molar-refractivity contribution in [1.82, 2.24) is 9.21 Å². The summed E-state index contributed by atoms with van der Waals surface area (Å²) < 4.78 is 50.5. The third kappa shape index (κ3) is 4.80. The summed E-state index contributed by atoms with van der Waals surface area (Å²) in [5.74, 6) is 0.384. The minimum absolute atomic E-state index is 0.0891. The Morgan fingerprint density at radius 3 is 2.40 bits per heavy atom. The largest absolute Gasteiger partial charge is 0.497 e. The summed E-state index contributed by atoms with van der Waals surface area (Å²) in [4.78, 5) is 14.0. The van der Waals surface area contributed by atoms with Crippen molar-refractivity contribution in [3.8, 4) is 11.5 Å². The van der Waals surface area contributed by atoms with E-state index in [9.17, 15) is 17.6 Å². The van der Waals surface area contributed by atoms with Gasteiger partial charge in [0.25, 0.3) is 0 Å². The van der Waals surface area contributed by atoms with E-state index >= 15 is 0 Å². The van der Waals surface area contributed by atoms with Crippen molar-refractivity contribution >= 4 is 22.0 Å². The number of carbonyl (C=O) groups is 1. The lowest BCUT2D eigenvalue weighted by molar-refractivity contribution is -0.127. The lowest BCUT2D eigenvalue weighted by Gasteiger charge is -2.33. The van der Waals surface area contributed by atoms with Crippen LogP contribution in [0.5, 0.6) is 11.5 Å². The lowest BCUT2D eigenvalue weighted by atomic mass is 10.1. The van der Waals surface area contributed by atoms with Gasteiger partial charge in [-0.25, -0.2) is 12.8 Å². The third-order valence-electron chi connectivity index (χ3n) is 4.83. The van der Waals surface area contributed by atoms with Crippen molar-refractivity contribution in [3.63, 3.8) is 0 Å². The Morgan fingerprint density at radius 2 is 1.77 bits per heavy atom. The van der Waals surface area contributed by atoms with E-state index in [2.05, 4.69) is 0 Å². The molecule has 1 aliphatic heterocycles. The number of benzene rings is 2. The van der Waals surface area contributed by atoms with Crippen molar-refractivity contribution in [2.24, 2.45) is 0 Å². The number of nitrogens with zero attached hydrogens (tertiary/aromatic N) is 2. The molecule has 2 aromatic rings. The minimum Gasteiger partial charge on any atom is -0.497 e. The molecule has 0 N–H and O–H groups in total. The van der Waals surface area contributed by atoms with Crippen molar-refractivity contribution in [2.45, 2.75) is 4.90 Å². The first-order valence-electron chi connectivity index (χ1n) is 9.30. The summed E-state index contributed by atoms with van der Waals surface area (Å²) >= 11 is 0. The van der Waals surface area contributed by atoms with Crippen LogP contribution in [0, 0.1) is 5.82 Å². The van der Waals surface area contributed by atoms with E-state index in [-0.39, 0.29) is 37.0 Å². The second-order valence-electron chi connectivity index (χ2n) is 6.63. The maximum absolute atomic E-state index is 13.4. The Bertz CT molecular complexity index is 1050. The van der Waals surface area contributed by atoms with Crippen molar-refractivity contribution in [3.05, 3.63) is 59.9 Å². The number of methoxy groups -OCH3 is 2. The molecule has 3 rings (SSSR count). The van der Waals surface area contributed by atoms with Gasteiger partial charge >= 0.3 is 0 Å². The van der Waals surface area contributed by atoms with Crippen LogP contribution in [0.4, 0.5) is 4.39 Å². The molecule has 7 nitrogen and oxygen atoms in total. The molecule has 0 bridgehead atoms. The zero-order chi connectivity index (χ0) is 21.7. The third-order valence-corrected chi connectivity index (χ3v) is 6.72. The van der Waals surface area contributed by atoms with Crippen molar-refractivity contribution in [2.75, 3.05) is 40.4 Å². The number of rotatable bonds is 6. The summed E-state index contributed by atoms with van der Waals surface area (Å²) in [6, 6.07) is 10.2. The topological polar surface area (TPSA) is 76.2 Å². The van der Waals surface area contributed by atoms with E-state index in [4.69, 9.17) is 9.47 Å². The maximum Gasteiger partial charge on any atom is 0.246 e. The second kappa shape index (κ2) is 9.27. The highest BCUT2D eigenvalue weighted by Gasteiger charge is 2.29. The Labute approximate surface area is 175 Å². The Hall–Kier alpha value is -2.91. The van der Waals surface area contributed by atoms with Gasteiger partial charge in [-0.3, -0.25) is 4.79 Å². The molecule has 1 aliphatic rings. The van der Waals surface area contributed by atoms with E-state index in [0.717, 1.165) is 11.6 Å². The molecule has 0 spiro atoms. The van der Waals surface area contributed by atoms with Gasteiger partial charge in [0.2, 0.25) is 15.9 Å². The smallest absolute Gasteiger partial charge is 0.246 e. The molecule has 0 aromatic heterocycles. The summed E-state index contributed by atoms with van der Waals surface area (Å²) in [6.45, 7) is 0.781. The molecule has 30 heavy (non-hydrogen) atoms. The molecule has 1 heterocycles. The molecule has 0 aliphatic carbocycles. The SMILES string of the molecule is COc1ccc(C=CC(=O)N2CCN(S(=O)(=O)c3cccc(F)c3)CC2)c(OC)c1. The van der Waals surface area contributed by atoms with Gasteiger partial charge in [0.15, 0.2) is 0 Å². The number of piperazine rings is 1. The predicted molar refractivity (Wildman–Crippen MR) is 110 cm³/mol. The number of sulfonamides is 1. The Kier molecular flexibility index (Phi) is 6.73. The molecular weight excluding hydrogens is 411 g/mol. The zero-order valence-corrected chi connectivity index (χ0v) is 17.6. The molecule has 0 radical (unpaired) electrons. The molecule has 1 saturated heterocycles. The average Bonchev–Trinajstić information content (AvgIpc) is 2.77. The number of halogens is 1. The highest BCUT2D eigenvalue weighted by Crippen LogP contribution is 2.25. The number of amides is 1. The summed E-state index contributed by atoms with van der Waals surface area (Å²) in [5, 5.41) is 0. The molecule has 2 aromatic carbocycles. The summed E-state index contributed by atoms with van der Waals surface area (Å²) in [5.41, 5.74) is 0.721. The summed E-state index contributed by atoms with van der Waals surface area (Å²) in [6.07, 6.45) is 3.08. The molecular formula is C21H23FN2O5S. The molecule has 0 saturated carbocycles. The first-order chi connectivity index (χ1) is 14.3. The molecule has 9 heteroatoms. The van der Waals surface area contributed by atoms with E-state index in [1.165, 1.54) is 35.7 Å². The van der Waals surface area contributed by atoms with Crippen LogP contribution in [0.1, 0.15) is 5.56 Å². The molecule has 160 valence electrons. The van der Waals surface area contributed by atoms with E-state index in [1.54, 1.807) is 36.3 Å². The van der Waals surface area contributed by atoms with Gasteiger partial charge in [0.1, 0.15) is 17.3 Å². The fraction of sp³-hybridized carbons (Fsp3) is 0.286. The first-order valence-corrected chi connectivity index (χ1v) is 10.7. The quantitative estimate of drug-likeness (QED) is 0.653.